The number of hydrogen-bond acceptors (Lipinski definition) is 2. The summed E-state index contributed by atoms with van der Waals surface area (Å²) in [4.78, 5) is 12.9. The van der Waals surface area contributed by atoms with Crippen molar-refractivity contribution in [1.82, 2.24) is 9.78 Å². The molecule has 0 spiro atoms. The van der Waals surface area contributed by atoms with E-state index in [0.29, 0.717) is 5.69 Å². The Morgan fingerprint density at radius 2 is 1.48 bits per heavy atom. The third kappa shape index (κ3) is 4.11. The normalized spacial score (nSPS) is 10.7. The van der Waals surface area contributed by atoms with Crippen LogP contribution in [0.4, 0.5) is 5.69 Å². The van der Waals surface area contributed by atoms with Crippen LogP contribution in [0, 0.1) is 20.8 Å². The zero-order chi connectivity index (χ0) is 20.4. The van der Waals surface area contributed by atoms with Crippen LogP contribution in [0.5, 0.6) is 0 Å². The van der Waals surface area contributed by atoms with Gasteiger partial charge in [-0.25, -0.2) is 4.68 Å². The molecule has 0 saturated carbocycles. The molecule has 0 aliphatic heterocycles. The van der Waals surface area contributed by atoms with E-state index >= 15 is 0 Å². The average Bonchev–Trinajstić information content (AvgIpc) is 3.14. The number of aryl methyl sites for hydroxylation is 3. The van der Waals surface area contributed by atoms with E-state index in [1.165, 1.54) is 5.56 Å². The minimum atomic E-state index is -0.227. The number of benzene rings is 3. The molecule has 0 unspecified atom stereocenters. The monoisotopic (exact) mass is 381 g/mol. The van der Waals surface area contributed by atoms with Gasteiger partial charge in [-0.2, -0.15) is 5.10 Å². The van der Waals surface area contributed by atoms with E-state index in [-0.39, 0.29) is 5.91 Å². The Bertz CT molecular complexity index is 1170. The Hall–Kier alpha value is -3.66. The van der Waals surface area contributed by atoms with Crippen LogP contribution in [0.15, 0.2) is 78.9 Å². The van der Waals surface area contributed by atoms with E-state index in [4.69, 9.17) is 0 Å². The largest absolute Gasteiger partial charge is 0.321 e. The molecule has 4 rings (SSSR count). The molecule has 0 fully saturated rings. The quantitative estimate of drug-likeness (QED) is 0.492. The van der Waals surface area contributed by atoms with Crippen molar-refractivity contribution in [2.45, 2.75) is 20.8 Å². The predicted octanol–water partition coefficient (Wildman–Crippen LogP) is 5.72. The van der Waals surface area contributed by atoms with E-state index in [2.05, 4.69) is 47.7 Å². The molecule has 0 aliphatic carbocycles. The highest BCUT2D eigenvalue weighted by atomic mass is 16.1. The Kier molecular flexibility index (Phi) is 5.00. The van der Waals surface area contributed by atoms with Crippen molar-refractivity contribution in [1.29, 1.82) is 0 Å². The standard InChI is InChI=1S/C25H23N3O/c1-17-10-12-20(13-11-17)24-16-23(25(29)26-21-8-4-6-18(2)14-21)27-28(24)22-9-5-7-19(3)15-22/h4-16H,1-3H3,(H,26,29). The number of rotatable bonds is 4. The number of hydrogen-bond donors (Lipinski definition) is 1. The molecule has 1 amide bonds. The van der Waals surface area contributed by atoms with Gasteiger partial charge in [0.25, 0.3) is 5.91 Å². The number of aromatic nitrogens is 2. The summed E-state index contributed by atoms with van der Waals surface area (Å²) < 4.78 is 1.84. The first kappa shape index (κ1) is 18.7. The highest BCUT2D eigenvalue weighted by Crippen LogP contribution is 2.25. The van der Waals surface area contributed by atoms with Crippen LogP contribution in [0.25, 0.3) is 16.9 Å². The van der Waals surface area contributed by atoms with Crippen LogP contribution in [-0.4, -0.2) is 15.7 Å². The van der Waals surface area contributed by atoms with Gasteiger partial charge in [0, 0.05) is 11.3 Å². The maximum atomic E-state index is 12.9. The van der Waals surface area contributed by atoms with Gasteiger partial charge in [0.15, 0.2) is 5.69 Å². The summed E-state index contributed by atoms with van der Waals surface area (Å²) >= 11 is 0. The van der Waals surface area contributed by atoms with Gasteiger partial charge in [0.2, 0.25) is 0 Å². The molecule has 4 heteroatoms. The van der Waals surface area contributed by atoms with Crippen LogP contribution in [0.3, 0.4) is 0 Å². The third-order valence-electron chi connectivity index (χ3n) is 4.81. The van der Waals surface area contributed by atoms with Crippen molar-refractivity contribution in [3.63, 3.8) is 0 Å². The van der Waals surface area contributed by atoms with E-state index in [1.54, 1.807) is 0 Å². The molecular formula is C25H23N3O. The lowest BCUT2D eigenvalue weighted by Crippen LogP contribution is -2.13. The molecule has 1 heterocycles. The summed E-state index contributed by atoms with van der Waals surface area (Å²) in [6, 6.07) is 25.9. The van der Waals surface area contributed by atoms with Gasteiger partial charge in [0.05, 0.1) is 11.4 Å². The Morgan fingerprint density at radius 3 is 2.17 bits per heavy atom. The highest BCUT2D eigenvalue weighted by Gasteiger charge is 2.17. The Labute approximate surface area is 170 Å². The lowest BCUT2D eigenvalue weighted by atomic mass is 10.1. The number of carbonyl (C=O) groups is 1. The van der Waals surface area contributed by atoms with Crippen molar-refractivity contribution in [3.8, 4) is 16.9 Å². The van der Waals surface area contributed by atoms with Crippen molar-refractivity contribution in [2.75, 3.05) is 5.32 Å². The first-order chi connectivity index (χ1) is 14.0. The van der Waals surface area contributed by atoms with Gasteiger partial charge < -0.3 is 5.32 Å². The zero-order valence-corrected chi connectivity index (χ0v) is 16.8. The van der Waals surface area contributed by atoms with Crippen molar-refractivity contribution in [3.05, 3.63) is 101 Å². The third-order valence-corrected chi connectivity index (χ3v) is 4.81. The minimum Gasteiger partial charge on any atom is -0.321 e. The molecule has 0 radical (unpaired) electrons. The second-order valence-electron chi connectivity index (χ2n) is 7.36. The molecule has 4 nitrogen and oxygen atoms in total. The fraction of sp³-hybridized carbons (Fsp3) is 0.120. The van der Waals surface area contributed by atoms with Gasteiger partial charge in [0.1, 0.15) is 0 Å². The first-order valence-corrected chi connectivity index (χ1v) is 9.62. The zero-order valence-electron chi connectivity index (χ0n) is 16.8. The van der Waals surface area contributed by atoms with E-state index in [9.17, 15) is 4.79 Å². The average molecular weight is 381 g/mol. The lowest BCUT2D eigenvalue weighted by Gasteiger charge is -2.08. The van der Waals surface area contributed by atoms with Gasteiger partial charge >= 0.3 is 0 Å². The number of nitrogens with one attached hydrogen (secondary N) is 1. The fourth-order valence-corrected chi connectivity index (χ4v) is 3.30. The maximum absolute atomic E-state index is 12.9. The molecule has 0 aliphatic rings. The molecule has 3 aromatic carbocycles. The lowest BCUT2D eigenvalue weighted by molar-refractivity contribution is 0.102. The summed E-state index contributed by atoms with van der Waals surface area (Å²) in [6.07, 6.45) is 0. The Morgan fingerprint density at radius 1 is 0.793 bits per heavy atom. The number of carbonyl (C=O) groups excluding carboxylic acids is 1. The van der Waals surface area contributed by atoms with Gasteiger partial charge in [-0.15, -0.1) is 0 Å². The van der Waals surface area contributed by atoms with Crippen LogP contribution < -0.4 is 5.32 Å². The summed E-state index contributed by atoms with van der Waals surface area (Å²) in [6.45, 7) is 6.10. The van der Waals surface area contributed by atoms with Gasteiger partial charge in [-0.3, -0.25) is 4.79 Å². The van der Waals surface area contributed by atoms with Gasteiger partial charge in [-0.1, -0.05) is 54.1 Å². The van der Waals surface area contributed by atoms with Crippen LogP contribution >= 0.6 is 0 Å². The van der Waals surface area contributed by atoms with E-state index in [1.807, 2.05) is 67.1 Å². The highest BCUT2D eigenvalue weighted by molar-refractivity contribution is 6.03. The summed E-state index contributed by atoms with van der Waals surface area (Å²) in [5, 5.41) is 7.59. The molecule has 4 aromatic rings. The van der Waals surface area contributed by atoms with Gasteiger partial charge in [-0.05, 0) is 62.2 Å². The number of amides is 1. The summed E-state index contributed by atoms with van der Waals surface area (Å²) in [7, 11) is 0. The summed E-state index contributed by atoms with van der Waals surface area (Å²) in [5.41, 5.74) is 7.37. The van der Waals surface area contributed by atoms with Crippen LogP contribution in [0.2, 0.25) is 0 Å². The topological polar surface area (TPSA) is 46.9 Å². The molecule has 29 heavy (non-hydrogen) atoms. The SMILES string of the molecule is Cc1ccc(-c2cc(C(=O)Nc3cccc(C)c3)nn2-c2cccc(C)c2)cc1. The number of nitrogens with zero attached hydrogens (tertiary/aromatic N) is 2. The first-order valence-electron chi connectivity index (χ1n) is 9.62. The summed E-state index contributed by atoms with van der Waals surface area (Å²) in [5.74, 6) is -0.227. The van der Waals surface area contributed by atoms with Crippen molar-refractivity contribution in [2.24, 2.45) is 0 Å². The molecule has 0 saturated heterocycles. The molecule has 144 valence electrons. The molecule has 1 aromatic heterocycles. The van der Waals surface area contributed by atoms with Crippen LogP contribution in [-0.2, 0) is 0 Å². The predicted molar refractivity (Wildman–Crippen MR) is 118 cm³/mol. The molecule has 0 atom stereocenters. The molecular weight excluding hydrogens is 358 g/mol. The molecule has 0 bridgehead atoms. The minimum absolute atomic E-state index is 0.227. The van der Waals surface area contributed by atoms with Crippen LogP contribution in [0.1, 0.15) is 27.2 Å². The van der Waals surface area contributed by atoms with Crippen molar-refractivity contribution < 1.29 is 4.79 Å². The fourth-order valence-electron chi connectivity index (χ4n) is 3.30. The van der Waals surface area contributed by atoms with Crippen molar-refractivity contribution >= 4 is 11.6 Å². The number of anilines is 1. The van der Waals surface area contributed by atoms with E-state index < -0.39 is 0 Å². The smallest absolute Gasteiger partial charge is 0.276 e. The maximum Gasteiger partial charge on any atom is 0.276 e. The van der Waals surface area contributed by atoms with E-state index in [0.717, 1.165) is 33.8 Å². The second-order valence-corrected chi connectivity index (χ2v) is 7.36. The second kappa shape index (κ2) is 7.76. The molecule has 1 N–H and O–H groups in total. The Balaban J connectivity index is 1.76.